The molecule has 0 aliphatic carbocycles. The van der Waals surface area contributed by atoms with Gasteiger partial charge in [-0.25, -0.2) is 4.68 Å². The van der Waals surface area contributed by atoms with E-state index in [4.69, 9.17) is 4.74 Å². The molecule has 0 aromatic carbocycles. The Morgan fingerprint density at radius 1 is 1.33 bits per heavy atom. The normalized spacial score (nSPS) is 18.8. The highest BCUT2D eigenvalue weighted by atomic mass is 16.5. The number of piperazine rings is 1. The number of methoxy groups -OCH3 is 1. The Hall–Kier alpha value is -1.31. The molecule has 7 nitrogen and oxygen atoms in total. The summed E-state index contributed by atoms with van der Waals surface area (Å²) in [5, 5.41) is 12.2. The first-order valence-electron chi connectivity index (χ1n) is 7.62. The van der Waals surface area contributed by atoms with Gasteiger partial charge in [-0.1, -0.05) is 13.0 Å². The molecule has 0 saturated carbocycles. The van der Waals surface area contributed by atoms with E-state index in [1.165, 1.54) is 0 Å². The summed E-state index contributed by atoms with van der Waals surface area (Å²) in [5.74, 6) is 0.951. The van der Waals surface area contributed by atoms with Crippen LogP contribution >= 0.6 is 0 Å². The molecular formula is C14H26N6O. The van der Waals surface area contributed by atoms with Gasteiger partial charge in [0.1, 0.15) is 0 Å². The zero-order valence-corrected chi connectivity index (χ0v) is 13.1. The lowest BCUT2D eigenvalue weighted by Crippen LogP contribution is -2.47. The minimum Gasteiger partial charge on any atom is -0.383 e. The SMILES string of the molecule is C=CCN1CCN(C(CC)c2nnnn2CCOC)CC1. The van der Waals surface area contributed by atoms with Gasteiger partial charge in [0.25, 0.3) is 0 Å². The number of nitrogens with zero attached hydrogens (tertiary/aromatic N) is 6. The van der Waals surface area contributed by atoms with Gasteiger partial charge >= 0.3 is 0 Å². The van der Waals surface area contributed by atoms with Crippen LogP contribution in [0.4, 0.5) is 0 Å². The second kappa shape index (κ2) is 8.21. The Balaban J connectivity index is 2.00. The fourth-order valence-corrected chi connectivity index (χ4v) is 2.83. The molecule has 0 bridgehead atoms. The second-order valence-corrected chi connectivity index (χ2v) is 5.30. The highest BCUT2D eigenvalue weighted by Crippen LogP contribution is 2.23. The van der Waals surface area contributed by atoms with E-state index in [0.717, 1.165) is 45.0 Å². The van der Waals surface area contributed by atoms with Crippen molar-refractivity contribution in [2.24, 2.45) is 0 Å². The summed E-state index contributed by atoms with van der Waals surface area (Å²) < 4.78 is 6.99. The quantitative estimate of drug-likeness (QED) is 0.654. The zero-order valence-electron chi connectivity index (χ0n) is 13.1. The van der Waals surface area contributed by atoms with E-state index in [1.54, 1.807) is 7.11 Å². The van der Waals surface area contributed by atoms with Crippen molar-refractivity contribution >= 4 is 0 Å². The van der Waals surface area contributed by atoms with Gasteiger partial charge in [-0.05, 0) is 16.8 Å². The van der Waals surface area contributed by atoms with Crippen molar-refractivity contribution in [3.8, 4) is 0 Å². The predicted octanol–water partition coefficient (Wildman–Crippen LogP) is 0.574. The van der Waals surface area contributed by atoms with Gasteiger partial charge in [-0.3, -0.25) is 9.80 Å². The van der Waals surface area contributed by atoms with Gasteiger partial charge in [0, 0.05) is 39.8 Å². The molecule has 1 atom stereocenters. The fraction of sp³-hybridized carbons (Fsp3) is 0.786. The topological polar surface area (TPSA) is 59.3 Å². The highest BCUT2D eigenvalue weighted by molar-refractivity contribution is 4.95. The van der Waals surface area contributed by atoms with Crippen molar-refractivity contribution in [1.82, 2.24) is 30.0 Å². The van der Waals surface area contributed by atoms with Gasteiger partial charge in [0.15, 0.2) is 5.82 Å². The molecule has 1 unspecified atom stereocenters. The molecule has 0 amide bonds. The van der Waals surface area contributed by atoms with Crippen LogP contribution in [0.1, 0.15) is 25.2 Å². The van der Waals surface area contributed by atoms with E-state index in [-0.39, 0.29) is 6.04 Å². The average molecular weight is 294 g/mol. The standard InChI is InChI=1S/C14H26N6O/c1-4-6-18-7-9-19(10-8-18)13(5-2)14-15-16-17-20(14)11-12-21-3/h4,13H,1,5-12H2,2-3H3. The molecule has 0 spiro atoms. The Morgan fingerprint density at radius 2 is 2.10 bits per heavy atom. The maximum absolute atomic E-state index is 5.12. The zero-order chi connectivity index (χ0) is 15.1. The number of hydrogen-bond acceptors (Lipinski definition) is 6. The third-order valence-corrected chi connectivity index (χ3v) is 3.99. The number of ether oxygens (including phenoxy) is 1. The first-order valence-corrected chi connectivity index (χ1v) is 7.62. The molecule has 1 aromatic heterocycles. The van der Waals surface area contributed by atoms with Crippen LogP contribution in [0.3, 0.4) is 0 Å². The Morgan fingerprint density at radius 3 is 2.71 bits per heavy atom. The largest absolute Gasteiger partial charge is 0.383 e. The molecule has 118 valence electrons. The lowest BCUT2D eigenvalue weighted by atomic mass is 10.1. The van der Waals surface area contributed by atoms with E-state index in [1.807, 2.05) is 10.8 Å². The Bertz CT molecular complexity index is 427. The van der Waals surface area contributed by atoms with Gasteiger partial charge in [-0.2, -0.15) is 0 Å². The summed E-state index contributed by atoms with van der Waals surface area (Å²) in [6.07, 6.45) is 2.98. The summed E-state index contributed by atoms with van der Waals surface area (Å²) in [4.78, 5) is 4.90. The summed E-state index contributed by atoms with van der Waals surface area (Å²) in [6, 6.07) is 0.280. The van der Waals surface area contributed by atoms with E-state index < -0.39 is 0 Å². The number of tetrazole rings is 1. The van der Waals surface area contributed by atoms with Gasteiger partial charge in [0.05, 0.1) is 19.2 Å². The van der Waals surface area contributed by atoms with Crippen molar-refractivity contribution in [1.29, 1.82) is 0 Å². The molecule has 2 rings (SSSR count). The summed E-state index contributed by atoms with van der Waals surface area (Å²) in [7, 11) is 1.69. The first kappa shape index (κ1) is 16.1. The third-order valence-electron chi connectivity index (χ3n) is 3.99. The first-order chi connectivity index (χ1) is 10.3. The van der Waals surface area contributed by atoms with E-state index in [0.29, 0.717) is 13.2 Å². The van der Waals surface area contributed by atoms with Crippen LogP contribution < -0.4 is 0 Å². The van der Waals surface area contributed by atoms with E-state index >= 15 is 0 Å². The molecular weight excluding hydrogens is 268 g/mol. The second-order valence-electron chi connectivity index (χ2n) is 5.30. The molecule has 7 heteroatoms. The number of aromatic nitrogens is 4. The molecule has 0 N–H and O–H groups in total. The molecule has 2 heterocycles. The maximum atomic E-state index is 5.12. The van der Waals surface area contributed by atoms with Gasteiger partial charge < -0.3 is 4.74 Å². The van der Waals surface area contributed by atoms with Crippen LogP contribution in [-0.4, -0.2) is 76.4 Å². The van der Waals surface area contributed by atoms with Crippen molar-refractivity contribution in [3.63, 3.8) is 0 Å². The van der Waals surface area contributed by atoms with Crippen molar-refractivity contribution in [2.75, 3.05) is 46.4 Å². The summed E-state index contributed by atoms with van der Waals surface area (Å²) in [5.41, 5.74) is 0. The summed E-state index contributed by atoms with van der Waals surface area (Å²) in [6.45, 7) is 12.5. The third kappa shape index (κ3) is 4.09. The van der Waals surface area contributed by atoms with Gasteiger partial charge in [0.2, 0.25) is 0 Å². The molecule has 21 heavy (non-hydrogen) atoms. The van der Waals surface area contributed by atoms with Crippen LogP contribution in [-0.2, 0) is 11.3 Å². The van der Waals surface area contributed by atoms with Crippen LogP contribution in [0.25, 0.3) is 0 Å². The van der Waals surface area contributed by atoms with Crippen LogP contribution in [0.15, 0.2) is 12.7 Å². The lowest BCUT2D eigenvalue weighted by molar-refractivity contribution is 0.0932. The predicted molar refractivity (Wildman–Crippen MR) is 80.9 cm³/mol. The number of hydrogen-bond donors (Lipinski definition) is 0. The maximum Gasteiger partial charge on any atom is 0.168 e. The molecule has 1 saturated heterocycles. The van der Waals surface area contributed by atoms with Crippen LogP contribution in [0, 0.1) is 0 Å². The fourth-order valence-electron chi connectivity index (χ4n) is 2.83. The van der Waals surface area contributed by atoms with Crippen molar-refractivity contribution in [2.45, 2.75) is 25.9 Å². The Kier molecular flexibility index (Phi) is 6.28. The molecule has 1 aliphatic heterocycles. The van der Waals surface area contributed by atoms with Crippen LogP contribution in [0.2, 0.25) is 0 Å². The average Bonchev–Trinajstić information content (AvgIpc) is 2.96. The molecule has 1 aromatic rings. The van der Waals surface area contributed by atoms with Crippen molar-refractivity contribution in [3.05, 3.63) is 18.5 Å². The monoisotopic (exact) mass is 294 g/mol. The lowest BCUT2D eigenvalue weighted by Gasteiger charge is -2.38. The van der Waals surface area contributed by atoms with Crippen LogP contribution in [0.5, 0.6) is 0 Å². The smallest absolute Gasteiger partial charge is 0.168 e. The minimum absolute atomic E-state index is 0.280. The highest BCUT2D eigenvalue weighted by Gasteiger charge is 2.27. The number of rotatable bonds is 8. The Labute approximate surface area is 126 Å². The van der Waals surface area contributed by atoms with E-state index in [2.05, 4.69) is 38.8 Å². The van der Waals surface area contributed by atoms with Gasteiger partial charge in [-0.15, -0.1) is 11.7 Å². The molecule has 1 aliphatic rings. The molecule has 0 radical (unpaired) electrons. The molecule has 1 fully saturated rings. The summed E-state index contributed by atoms with van der Waals surface area (Å²) >= 11 is 0. The van der Waals surface area contributed by atoms with Crippen molar-refractivity contribution < 1.29 is 4.74 Å². The van der Waals surface area contributed by atoms with E-state index in [9.17, 15) is 0 Å². The minimum atomic E-state index is 0.280.